The Morgan fingerprint density at radius 1 is 1.17 bits per heavy atom. The Morgan fingerprint density at radius 2 is 1.70 bits per heavy atom. The van der Waals surface area contributed by atoms with E-state index in [1.54, 1.807) is 0 Å². The van der Waals surface area contributed by atoms with Crippen LogP contribution in [0.3, 0.4) is 0 Å². The van der Waals surface area contributed by atoms with Gasteiger partial charge in [0.25, 0.3) is 0 Å². The summed E-state index contributed by atoms with van der Waals surface area (Å²) in [5.74, 6) is 3.11. The minimum absolute atomic E-state index is 0.322. The second-order valence-electron chi connectivity index (χ2n) is 9.13. The van der Waals surface area contributed by atoms with Gasteiger partial charge >= 0.3 is 0 Å². The molecule has 0 amide bonds. The summed E-state index contributed by atoms with van der Waals surface area (Å²) in [5.41, 5.74) is 1.62. The summed E-state index contributed by atoms with van der Waals surface area (Å²) in [6.45, 7) is 18.8. The van der Waals surface area contributed by atoms with Gasteiger partial charge in [-0.3, -0.25) is 0 Å². The lowest BCUT2D eigenvalue weighted by atomic mass is 10.0. The molecule has 132 valence electrons. The number of rotatable bonds is 3. The molecule has 1 rings (SSSR count). The number of hydrogen-bond acceptors (Lipinski definition) is 3. The van der Waals surface area contributed by atoms with Gasteiger partial charge in [-0.15, -0.1) is 5.54 Å². The third-order valence-corrected chi connectivity index (χ3v) is 5.69. The van der Waals surface area contributed by atoms with Crippen molar-refractivity contribution in [2.24, 2.45) is 0 Å². The van der Waals surface area contributed by atoms with Crippen molar-refractivity contribution in [2.75, 3.05) is 0 Å². The van der Waals surface area contributed by atoms with Crippen molar-refractivity contribution in [1.29, 1.82) is 0 Å². The van der Waals surface area contributed by atoms with Crippen LogP contribution in [-0.4, -0.2) is 44.9 Å². The minimum Gasteiger partial charge on any atom is -0.407 e. The Bertz CT molecular complexity index is 529. The maximum Gasteiger partial charge on any atom is 0.184 e. The second-order valence-corrected chi connectivity index (χ2v) is 19.2. The fourth-order valence-electron chi connectivity index (χ4n) is 2.18. The van der Waals surface area contributed by atoms with Crippen molar-refractivity contribution >= 4 is 32.3 Å². The summed E-state index contributed by atoms with van der Waals surface area (Å²) >= 11 is 3.50. The molecule has 23 heavy (non-hydrogen) atoms. The molecule has 0 bridgehead atoms. The molecule has 0 saturated carbocycles. The number of hydrogen-bond donors (Lipinski definition) is 1. The van der Waals surface area contributed by atoms with Crippen molar-refractivity contribution in [3.8, 4) is 11.5 Å². The molecule has 6 heteroatoms. The maximum atomic E-state index is 11.3. The maximum absolute atomic E-state index is 11.3. The molecule has 0 heterocycles. The van der Waals surface area contributed by atoms with Crippen LogP contribution in [0.4, 0.5) is 0 Å². The zero-order valence-electron chi connectivity index (χ0n) is 15.9. The Kier molecular flexibility index (Phi) is 6.23. The van der Waals surface area contributed by atoms with Crippen molar-refractivity contribution in [3.63, 3.8) is 0 Å². The Labute approximate surface area is 152 Å². The molecule has 0 unspecified atom stereocenters. The number of ether oxygens (including phenoxy) is 1. The highest BCUT2D eigenvalue weighted by molar-refractivity contribution is 9.11. The predicted octanol–water partition coefficient (Wildman–Crippen LogP) is 4.29. The van der Waals surface area contributed by atoms with Gasteiger partial charge in [0.05, 0.1) is 5.60 Å². The summed E-state index contributed by atoms with van der Waals surface area (Å²) < 4.78 is 13.1. The van der Waals surface area contributed by atoms with Crippen molar-refractivity contribution in [2.45, 2.75) is 83.5 Å². The van der Waals surface area contributed by atoms with Gasteiger partial charge in [-0.05, 0) is 46.5 Å². The van der Waals surface area contributed by atoms with Crippen LogP contribution in [0, 0.1) is 11.5 Å². The molecule has 3 nitrogen and oxygen atoms in total. The first-order chi connectivity index (χ1) is 10.0. The molecule has 0 radical (unpaired) electrons. The average molecular weight is 420 g/mol. The summed E-state index contributed by atoms with van der Waals surface area (Å²) in [6, 6.07) is 0. The van der Waals surface area contributed by atoms with Crippen LogP contribution < -0.4 is 0 Å². The van der Waals surface area contributed by atoms with Crippen molar-refractivity contribution in [1.82, 2.24) is 0 Å². The first kappa shape index (κ1) is 21.1. The normalized spacial score (nSPS) is 29.1. The molecule has 0 aromatic heterocycles. The largest absolute Gasteiger partial charge is 0.407 e. The summed E-state index contributed by atoms with van der Waals surface area (Å²) in [5, 5.41) is 11.3. The first-order valence-corrected chi connectivity index (χ1v) is 15.7. The summed E-state index contributed by atoms with van der Waals surface area (Å²) in [4.78, 5) is 0. The van der Waals surface area contributed by atoms with Crippen LogP contribution in [0.2, 0.25) is 39.3 Å². The molecule has 0 spiro atoms. The topological polar surface area (TPSA) is 38.7 Å². The van der Waals surface area contributed by atoms with Gasteiger partial charge in [-0.2, -0.15) is 0 Å². The third-order valence-electron chi connectivity index (χ3n) is 2.98. The van der Waals surface area contributed by atoms with Gasteiger partial charge < -0.3 is 14.3 Å². The van der Waals surface area contributed by atoms with Gasteiger partial charge in [0.1, 0.15) is 20.3 Å². The van der Waals surface area contributed by atoms with Crippen molar-refractivity contribution < 1.29 is 14.3 Å². The predicted molar refractivity (Wildman–Crippen MR) is 106 cm³/mol. The van der Waals surface area contributed by atoms with E-state index in [4.69, 9.17) is 9.16 Å². The van der Waals surface area contributed by atoms with Crippen LogP contribution >= 0.6 is 15.9 Å². The zero-order chi connectivity index (χ0) is 18.3. The monoisotopic (exact) mass is 418 g/mol. The van der Waals surface area contributed by atoms with E-state index in [1.165, 1.54) is 0 Å². The second kappa shape index (κ2) is 6.77. The average Bonchev–Trinajstić information content (AvgIpc) is 2.47. The molecular weight excluding hydrogens is 388 g/mol. The van der Waals surface area contributed by atoms with Gasteiger partial charge in [0.2, 0.25) is 0 Å². The number of halogens is 1. The molecule has 0 fully saturated rings. The smallest absolute Gasteiger partial charge is 0.184 e. The van der Waals surface area contributed by atoms with Crippen LogP contribution in [0.15, 0.2) is 10.6 Å². The molecule has 3 atom stereocenters. The molecule has 1 N–H and O–H groups in total. The molecule has 1 aliphatic carbocycles. The van der Waals surface area contributed by atoms with Crippen molar-refractivity contribution in [3.05, 3.63) is 10.6 Å². The van der Waals surface area contributed by atoms with E-state index in [9.17, 15) is 5.11 Å². The standard InChI is InChI=1S/C17H31BrO3Si2/c1-16(2,3)20-13-12-14(18)17(19,10-11-22(4,5)6)15(13)21-23(7,8)9/h12-13,15,19H,1-9H3/t13-,15+,17+/m1/s1. The van der Waals surface area contributed by atoms with E-state index in [0.29, 0.717) is 4.48 Å². The fraction of sp³-hybridized carbons (Fsp3) is 0.765. The van der Waals surface area contributed by atoms with Crippen LogP contribution in [0.1, 0.15) is 20.8 Å². The fourth-order valence-corrected chi connectivity index (χ4v) is 4.40. The van der Waals surface area contributed by atoms with Gasteiger partial charge in [0.15, 0.2) is 13.9 Å². The highest BCUT2D eigenvalue weighted by Crippen LogP contribution is 2.40. The lowest BCUT2D eigenvalue weighted by Gasteiger charge is -2.37. The summed E-state index contributed by atoms with van der Waals surface area (Å²) in [6.07, 6.45) is 1.07. The molecule has 0 aromatic rings. The lowest BCUT2D eigenvalue weighted by molar-refractivity contribution is -0.109. The molecule has 0 aromatic carbocycles. The van der Waals surface area contributed by atoms with Gasteiger partial charge in [0, 0.05) is 4.48 Å². The first-order valence-electron chi connectivity index (χ1n) is 8.04. The molecule has 1 aliphatic rings. The van der Waals surface area contributed by atoms with E-state index >= 15 is 0 Å². The van der Waals surface area contributed by atoms with E-state index < -0.39 is 28.1 Å². The van der Waals surface area contributed by atoms with E-state index in [1.807, 2.05) is 26.8 Å². The summed E-state index contributed by atoms with van der Waals surface area (Å²) in [7, 11) is -3.50. The molecular formula is C17H31BrO3Si2. The van der Waals surface area contributed by atoms with Crippen LogP contribution in [-0.2, 0) is 9.16 Å². The highest BCUT2D eigenvalue weighted by atomic mass is 79.9. The van der Waals surface area contributed by atoms with Gasteiger partial charge in [-0.1, -0.05) is 41.5 Å². The minimum atomic E-state index is -1.88. The Balaban J connectivity index is 3.25. The van der Waals surface area contributed by atoms with Crippen LogP contribution in [0.5, 0.6) is 0 Å². The quantitative estimate of drug-likeness (QED) is 0.548. The molecule has 0 saturated heterocycles. The van der Waals surface area contributed by atoms with E-state index in [2.05, 4.69) is 66.7 Å². The van der Waals surface area contributed by atoms with E-state index in [-0.39, 0.29) is 11.7 Å². The Morgan fingerprint density at radius 3 is 2.09 bits per heavy atom. The number of aliphatic hydroxyl groups is 1. The SMILES string of the molecule is CC(C)(C)O[C@@H]1C=C(Br)[C@@](O)(C#C[Si](C)(C)C)[C@H]1O[Si](C)(C)C. The zero-order valence-corrected chi connectivity index (χ0v) is 19.5. The Hall–Kier alpha value is 0.0938. The lowest BCUT2D eigenvalue weighted by Crippen LogP contribution is -2.51. The van der Waals surface area contributed by atoms with E-state index in [0.717, 1.165) is 0 Å². The van der Waals surface area contributed by atoms with Crippen LogP contribution in [0.25, 0.3) is 0 Å². The highest BCUT2D eigenvalue weighted by Gasteiger charge is 2.51. The van der Waals surface area contributed by atoms with Gasteiger partial charge in [-0.25, -0.2) is 0 Å². The third kappa shape index (κ3) is 6.48. The molecule has 0 aliphatic heterocycles.